The first kappa shape index (κ1) is 21.7. The Labute approximate surface area is 180 Å². The average Bonchev–Trinajstić information content (AvgIpc) is 2.69. The van der Waals surface area contributed by atoms with Gasteiger partial charge in [0.1, 0.15) is 5.75 Å². The minimum absolute atomic E-state index is 0.0568. The normalized spacial score (nSPS) is 15.2. The molecule has 1 heterocycles. The lowest BCUT2D eigenvalue weighted by molar-refractivity contribution is -0.134. The van der Waals surface area contributed by atoms with Gasteiger partial charge in [-0.05, 0) is 49.5 Å². The summed E-state index contributed by atoms with van der Waals surface area (Å²) in [6, 6.07) is 10.3. The largest absolute Gasteiger partial charge is 0.484 e. The summed E-state index contributed by atoms with van der Waals surface area (Å²) in [6.45, 7) is 2.94. The summed E-state index contributed by atoms with van der Waals surface area (Å²) in [7, 11) is -1.78. The van der Waals surface area contributed by atoms with Gasteiger partial charge in [-0.2, -0.15) is 0 Å². The fourth-order valence-electron chi connectivity index (χ4n) is 2.78. The third-order valence-electron chi connectivity index (χ3n) is 4.52. The number of sulfonamides is 1. The molecule has 0 unspecified atom stereocenters. The molecule has 1 aliphatic heterocycles. The van der Waals surface area contributed by atoms with E-state index >= 15 is 0 Å². The Balaban J connectivity index is 1.58. The van der Waals surface area contributed by atoms with E-state index in [9.17, 15) is 13.2 Å². The fraction of sp³-hybridized carbons (Fsp3) is 0.316. The maximum absolute atomic E-state index is 12.5. The average molecular weight is 458 g/mol. The zero-order valence-corrected chi connectivity index (χ0v) is 18.1. The Morgan fingerprint density at radius 2 is 1.69 bits per heavy atom. The molecule has 2 aromatic carbocycles. The van der Waals surface area contributed by atoms with Crippen molar-refractivity contribution in [3.63, 3.8) is 0 Å². The molecule has 1 amide bonds. The molecule has 10 heteroatoms. The van der Waals surface area contributed by atoms with Crippen LogP contribution in [-0.4, -0.2) is 64.0 Å². The van der Waals surface area contributed by atoms with Crippen molar-refractivity contribution < 1.29 is 17.9 Å². The molecule has 3 rings (SSSR count). The number of piperazine rings is 1. The van der Waals surface area contributed by atoms with Crippen molar-refractivity contribution in [3.8, 4) is 5.75 Å². The van der Waals surface area contributed by atoms with Crippen molar-refractivity contribution in [1.29, 1.82) is 0 Å². The van der Waals surface area contributed by atoms with E-state index in [1.165, 1.54) is 42.5 Å². The molecule has 0 aromatic heterocycles. The van der Waals surface area contributed by atoms with Gasteiger partial charge < -0.3 is 14.5 Å². The summed E-state index contributed by atoms with van der Waals surface area (Å²) >= 11 is 11.8. The van der Waals surface area contributed by atoms with Crippen molar-refractivity contribution >= 4 is 44.8 Å². The van der Waals surface area contributed by atoms with Crippen LogP contribution in [0, 0.1) is 0 Å². The topological polar surface area (TPSA) is 79.0 Å². The van der Waals surface area contributed by atoms with Gasteiger partial charge in [0.25, 0.3) is 15.9 Å². The smallest absolute Gasteiger partial charge is 0.261 e. The number of anilines is 1. The number of hydrogen-bond donors (Lipinski definition) is 1. The second kappa shape index (κ2) is 9.21. The van der Waals surface area contributed by atoms with Crippen molar-refractivity contribution in [2.45, 2.75) is 4.90 Å². The molecule has 1 saturated heterocycles. The van der Waals surface area contributed by atoms with Crippen LogP contribution in [0.4, 0.5) is 5.69 Å². The first-order valence-corrected chi connectivity index (χ1v) is 11.2. The number of benzene rings is 2. The molecular weight excluding hydrogens is 437 g/mol. The SMILES string of the molecule is CN1CCN(C(=O)COc2ccc(S(=O)(=O)Nc3ccc(Cl)c(Cl)c3)cc2)CC1. The molecule has 156 valence electrons. The second-order valence-corrected chi connectivity index (χ2v) is 9.18. The summed E-state index contributed by atoms with van der Waals surface area (Å²) in [5, 5.41) is 0.586. The monoisotopic (exact) mass is 457 g/mol. The van der Waals surface area contributed by atoms with Gasteiger partial charge in [-0.1, -0.05) is 23.2 Å². The van der Waals surface area contributed by atoms with Gasteiger partial charge in [-0.25, -0.2) is 8.42 Å². The Morgan fingerprint density at radius 3 is 2.31 bits per heavy atom. The van der Waals surface area contributed by atoms with Crippen LogP contribution in [0.3, 0.4) is 0 Å². The van der Waals surface area contributed by atoms with Gasteiger partial charge in [0.2, 0.25) is 0 Å². The summed E-state index contributed by atoms with van der Waals surface area (Å²) in [5.41, 5.74) is 0.303. The third-order valence-corrected chi connectivity index (χ3v) is 6.66. The zero-order valence-electron chi connectivity index (χ0n) is 15.8. The van der Waals surface area contributed by atoms with E-state index < -0.39 is 10.0 Å². The van der Waals surface area contributed by atoms with Crippen molar-refractivity contribution in [3.05, 3.63) is 52.5 Å². The number of carbonyl (C=O) groups excluding carboxylic acids is 1. The van der Waals surface area contributed by atoms with E-state index in [4.69, 9.17) is 27.9 Å². The van der Waals surface area contributed by atoms with E-state index in [2.05, 4.69) is 9.62 Å². The zero-order chi connectivity index (χ0) is 21.0. The summed E-state index contributed by atoms with van der Waals surface area (Å²) in [4.78, 5) is 16.2. The van der Waals surface area contributed by atoms with Gasteiger partial charge in [0.15, 0.2) is 6.61 Å². The minimum Gasteiger partial charge on any atom is -0.484 e. The van der Waals surface area contributed by atoms with Crippen molar-refractivity contribution in [1.82, 2.24) is 9.80 Å². The number of nitrogens with one attached hydrogen (secondary N) is 1. The highest BCUT2D eigenvalue weighted by Gasteiger charge is 2.19. The van der Waals surface area contributed by atoms with Crippen LogP contribution in [0.5, 0.6) is 5.75 Å². The molecule has 0 atom stereocenters. The van der Waals surface area contributed by atoms with Crippen LogP contribution in [0.2, 0.25) is 10.0 Å². The highest BCUT2D eigenvalue weighted by molar-refractivity contribution is 7.92. The Hall–Kier alpha value is -2.00. The number of nitrogens with zero attached hydrogens (tertiary/aromatic N) is 2. The van der Waals surface area contributed by atoms with E-state index in [1.807, 2.05) is 7.05 Å². The standard InChI is InChI=1S/C19H21Cl2N3O4S/c1-23-8-10-24(11-9-23)19(25)13-28-15-3-5-16(6-4-15)29(26,27)22-14-2-7-17(20)18(21)12-14/h2-7,12,22H,8-11,13H2,1H3. The summed E-state index contributed by atoms with van der Waals surface area (Å²) in [5.74, 6) is 0.331. The molecule has 0 bridgehead atoms. The molecule has 1 fully saturated rings. The predicted octanol–water partition coefficient (Wildman–Crippen LogP) is 2.95. The second-order valence-electron chi connectivity index (χ2n) is 6.68. The van der Waals surface area contributed by atoms with Gasteiger partial charge in [-0.3, -0.25) is 9.52 Å². The van der Waals surface area contributed by atoms with Gasteiger partial charge in [-0.15, -0.1) is 0 Å². The maximum Gasteiger partial charge on any atom is 0.261 e. The lowest BCUT2D eigenvalue weighted by atomic mass is 10.3. The van der Waals surface area contributed by atoms with Crippen molar-refractivity contribution in [2.75, 3.05) is 44.6 Å². The minimum atomic E-state index is -3.80. The van der Waals surface area contributed by atoms with E-state index in [-0.39, 0.29) is 22.4 Å². The third kappa shape index (κ3) is 5.76. The molecular formula is C19H21Cl2N3O4S. The van der Waals surface area contributed by atoms with E-state index in [0.29, 0.717) is 29.5 Å². The maximum atomic E-state index is 12.5. The Bertz CT molecular complexity index is 975. The first-order chi connectivity index (χ1) is 13.7. The number of hydrogen-bond acceptors (Lipinski definition) is 5. The van der Waals surface area contributed by atoms with Crippen LogP contribution < -0.4 is 9.46 Å². The molecule has 7 nitrogen and oxygen atoms in total. The Morgan fingerprint density at radius 1 is 1.03 bits per heavy atom. The Kier molecular flexibility index (Phi) is 6.89. The highest BCUT2D eigenvalue weighted by atomic mass is 35.5. The summed E-state index contributed by atoms with van der Waals surface area (Å²) < 4.78 is 33.0. The van der Waals surface area contributed by atoms with Gasteiger partial charge in [0.05, 0.1) is 20.6 Å². The predicted molar refractivity (Wildman–Crippen MR) is 113 cm³/mol. The van der Waals surface area contributed by atoms with Crippen LogP contribution in [-0.2, 0) is 14.8 Å². The number of amides is 1. The number of ether oxygens (including phenoxy) is 1. The van der Waals surface area contributed by atoms with Crippen LogP contribution in [0.15, 0.2) is 47.4 Å². The number of likely N-dealkylation sites (N-methyl/N-ethyl adjacent to an activating group) is 1. The van der Waals surface area contributed by atoms with Crippen molar-refractivity contribution in [2.24, 2.45) is 0 Å². The lowest BCUT2D eigenvalue weighted by Gasteiger charge is -2.32. The molecule has 0 radical (unpaired) electrons. The quantitative estimate of drug-likeness (QED) is 0.720. The molecule has 1 aliphatic rings. The fourth-order valence-corrected chi connectivity index (χ4v) is 4.13. The molecule has 2 aromatic rings. The van der Waals surface area contributed by atoms with E-state index in [0.717, 1.165) is 13.1 Å². The highest BCUT2D eigenvalue weighted by Crippen LogP contribution is 2.27. The lowest BCUT2D eigenvalue weighted by Crippen LogP contribution is -2.48. The molecule has 1 N–H and O–H groups in total. The molecule has 0 saturated carbocycles. The van der Waals surface area contributed by atoms with Crippen LogP contribution >= 0.6 is 23.2 Å². The van der Waals surface area contributed by atoms with Gasteiger partial charge >= 0.3 is 0 Å². The molecule has 0 spiro atoms. The number of rotatable bonds is 6. The number of carbonyl (C=O) groups is 1. The molecule has 29 heavy (non-hydrogen) atoms. The van der Waals surface area contributed by atoms with Gasteiger partial charge in [0, 0.05) is 26.2 Å². The molecule has 0 aliphatic carbocycles. The van der Waals surface area contributed by atoms with E-state index in [1.54, 1.807) is 4.90 Å². The first-order valence-electron chi connectivity index (χ1n) is 8.92. The van der Waals surface area contributed by atoms with Crippen LogP contribution in [0.25, 0.3) is 0 Å². The van der Waals surface area contributed by atoms with Crippen LogP contribution in [0.1, 0.15) is 0 Å². The summed E-state index contributed by atoms with van der Waals surface area (Å²) in [6.07, 6.45) is 0. The number of halogens is 2.